The fourth-order valence-electron chi connectivity index (χ4n) is 1.97. The Morgan fingerprint density at radius 3 is 2.45 bits per heavy atom. The van der Waals surface area contributed by atoms with E-state index in [-0.39, 0.29) is 11.8 Å². The Labute approximate surface area is 119 Å². The second-order valence-electron chi connectivity index (χ2n) is 4.54. The lowest BCUT2D eigenvalue weighted by Gasteiger charge is -2.22. The molecule has 0 aliphatic carbocycles. The van der Waals surface area contributed by atoms with Crippen molar-refractivity contribution < 1.29 is 14.3 Å². The normalized spacial score (nSPS) is 13.8. The van der Waals surface area contributed by atoms with Crippen LogP contribution in [0.5, 0.6) is 0 Å². The summed E-state index contributed by atoms with van der Waals surface area (Å²) >= 11 is 0. The van der Waals surface area contributed by atoms with E-state index >= 15 is 0 Å². The fourth-order valence-corrected chi connectivity index (χ4v) is 1.97. The van der Waals surface area contributed by atoms with Gasteiger partial charge >= 0.3 is 5.97 Å². The first-order chi connectivity index (χ1) is 9.58. The monoisotopic (exact) mass is 275 g/mol. The van der Waals surface area contributed by atoms with Gasteiger partial charge in [-0.05, 0) is 12.0 Å². The number of benzene rings is 1. The Balaban J connectivity index is 2.87. The van der Waals surface area contributed by atoms with Crippen LogP contribution in [0.2, 0.25) is 0 Å². The van der Waals surface area contributed by atoms with Gasteiger partial charge in [0.05, 0.1) is 7.11 Å². The molecule has 0 unspecified atom stereocenters. The molecule has 2 atom stereocenters. The highest BCUT2D eigenvalue weighted by Crippen LogP contribution is 2.15. The lowest BCUT2D eigenvalue weighted by Crippen LogP contribution is -2.45. The van der Waals surface area contributed by atoms with Crippen molar-refractivity contribution in [2.75, 3.05) is 7.11 Å². The predicted octanol–water partition coefficient (Wildman–Crippen LogP) is 2.40. The second-order valence-corrected chi connectivity index (χ2v) is 4.54. The van der Waals surface area contributed by atoms with Gasteiger partial charge in [-0.15, -0.1) is 0 Å². The summed E-state index contributed by atoms with van der Waals surface area (Å²) < 4.78 is 4.76. The zero-order valence-electron chi connectivity index (χ0n) is 12.1. The molecule has 0 aliphatic rings. The van der Waals surface area contributed by atoms with Crippen molar-refractivity contribution in [3.63, 3.8) is 0 Å². The van der Waals surface area contributed by atoms with E-state index in [1.807, 2.05) is 49.4 Å². The van der Waals surface area contributed by atoms with Gasteiger partial charge in [0.1, 0.15) is 6.04 Å². The highest BCUT2D eigenvalue weighted by Gasteiger charge is 2.26. The van der Waals surface area contributed by atoms with E-state index in [2.05, 4.69) is 5.32 Å². The number of methoxy groups -OCH3 is 1. The van der Waals surface area contributed by atoms with Crippen LogP contribution in [0.3, 0.4) is 0 Å². The maximum Gasteiger partial charge on any atom is 0.328 e. The molecule has 0 saturated heterocycles. The zero-order valence-corrected chi connectivity index (χ0v) is 12.1. The molecule has 20 heavy (non-hydrogen) atoms. The van der Waals surface area contributed by atoms with Gasteiger partial charge in [-0.1, -0.05) is 49.4 Å². The molecule has 0 fully saturated rings. The van der Waals surface area contributed by atoms with Crippen LogP contribution >= 0.6 is 0 Å². The van der Waals surface area contributed by atoms with Crippen LogP contribution in [-0.4, -0.2) is 25.0 Å². The van der Waals surface area contributed by atoms with E-state index in [4.69, 9.17) is 4.74 Å². The van der Waals surface area contributed by atoms with E-state index in [1.165, 1.54) is 14.0 Å². The SMILES string of the molecule is CC[C@@H](/C=C/c1ccccc1)[C@@H](NC(C)=O)C(=O)OC. The summed E-state index contributed by atoms with van der Waals surface area (Å²) in [6.45, 7) is 3.36. The molecule has 0 aromatic heterocycles. The molecular weight excluding hydrogens is 254 g/mol. The summed E-state index contributed by atoms with van der Waals surface area (Å²) in [7, 11) is 1.32. The number of amides is 1. The minimum Gasteiger partial charge on any atom is -0.467 e. The first-order valence-corrected chi connectivity index (χ1v) is 6.66. The summed E-state index contributed by atoms with van der Waals surface area (Å²) in [5, 5.41) is 2.65. The van der Waals surface area contributed by atoms with Gasteiger partial charge in [-0.3, -0.25) is 4.79 Å². The molecule has 0 spiro atoms. The van der Waals surface area contributed by atoms with Gasteiger partial charge in [0, 0.05) is 12.8 Å². The number of carbonyl (C=O) groups is 2. The van der Waals surface area contributed by atoms with Crippen molar-refractivity contribution >= 4 is 18.0 Å². The topological polar surface area (TPSA) is 55.4 Å². The average molecular weight is 275 g/mol. The Bertz CT molecular complexity index is 468. The molecule has 0 saturated carbocycles. The summed E-state index contributed by atoms with van der Waals surface area (Å²) in [6, 6.07) is 9.16. The first-order valence-electron chi connectivity index (χ1n) is 6.66. The molecule has 4 nitrogen and oxygen atoms in total. The molecule has 1 rings (SSSR count). The number of hydrogen-bond acceptors (Lipinski definition) is 3. The Morgan fingerprint density at radius 2 is 1.95 bits per heavy atom. The number of hydrogen-bond donors (Lipinski definition) is 1. The van der Waals surface area contributed by atoms with E-state index in [0.717, 1.165) is 12.0 Å². The van der Waals surface area contributed by atoms with Crippen LogP contribution in [0, 0.1) is 5.92 Å². The van der Waals surface area contributed by atoms with Crippen molar-refractivity contribution in [2.24, 2.45) is 5.92 Å². The van der Waals surface area contributed by atoms with Crippen LogP contribution in [-0.2, 0) is 14.3 Å². The van der Waals surface area contributed by atoms with E-state index in [1.54, 1.807) is 0 Å². The third-order valence-corrected chi connectivity index (χ3v) is 3.05. The van der Waals surface area contributed by atoms with E-state index in [9.17, 15) is 9.59 Å². The summed E-state index contributed by atoms with van der Waals surface area (Å²) in [4.78, 5) is 23.0. The summed E-state index contributed by atoms with van der Waals surface area (Å²) in [5.41, 5.74) is 1.05. The molecule has 1 aromatic rings. The molecule has 0 aliphatic heterocycles. The number of carbonyl (C=O) groups excluding carboxylic acids is 2. The van der Waals surface area contributed by atoms with Gasteiger partial charge < -0.3 is 10.1 Å². The molecule has 0 heterocycles. The van der Waals surface area contributed by atoms with Crippen LogP contribution in [0.25, 0.3) is 6.08 Å². The summed E-state index contributed by atoms with van der Waals surface area (Å²) in [5.74, 6) is -0.775. The Morgan fingerprint density at radius 1 is 1.30 bits per heavy atom. The Hall–Kier alpha value is -2.10. The van der Waals surface area contributed by atoms with Crippen molar-refractivity contribution in [3.8, 4) is 0 Å². The van der Waals surface area contributed by atoms with Crippen molar-refractivity contribution in [1.29, 1.82) is 0 Å². The molecule has 108 valence electrons. The van der Waals surface area contributed by atoms with Crippen molar-refractivity contribution in [3.05, 3.63) is 42.0 Å². The zero-order chi connectivity index (χ0) is 15.0. The van der Waals surface area contributed by atoms with Crippen molar-refractivity contribution in [1.82, 2.24) is 5.32 Å². The minimum absolute atomic E-state index is 0.105. The lowest BCUT2D eigenvalue weighted by atomic mass is 9.95. The van der Waals surface area contributed by atoms with Gasteiger partial charge in [-0.2, -0.15) is 0 Å². The fraction of sp³-hybridized carbons (Fsp3) is 0.375. The molecule has 1 aromatic carbocycles. The van der Waals surface area contributed by atoms with Gasteiger partial charge in [0.25, 0.3) is 0 Å². The minimum atomic E-state index is -0.650. The quantitative estimate of drug-likeness (QED) is 0.811. The molecular formula is C16H21NO3. The molecule has 4 heteroatoms. The lowest BCUT2D eigenvalue weighted by molar-refractivity contribution is -0.146. The number of rotatable bonds is 6. The molecule has 0 radical (unpaired) electrons. The third-order valence-electron chi connectivity index (χ3n) is 3.05. The average Bonchev–Trinajstić information content (AvgIpc) is 2.46. The van der Waals surface area contributed by atoms with Gasteiger partial charge in [0.15, 0.2) is 0 Å². The van der Waals surface area contributed by atoms with Crippen LogP contribution < -0.4 is 5.32 Å². The second kappa shape index (κ2) is 8.15. The third kappa shape index (κ3) is 4.88. The number of esters is 1. The van der Waals surface area contributed by atoms with Crippen molar-refractivity contribution in [2.45, 2.75) is 26.3 Å². The predicted molar refractivity (Wildman–Crippen MR) is 78.9 cm³/mol. The van der Waals surface area contributed by atoms with Crippen LogP contribution in [0.15, 0.2) is 36.4 Å². The molecule has 1 amide bonds. The van der Waals surface area contributed by atoms with E-state index in [0.29, 0.717) is 0 Å². The largest absolute Gasteiger partial charge is 0.467 e. The number of ether oxygens (including phenoxy) is 1. The maximum absolute atomic E-state index is 11.8. The molecule has 0 bridgehead atoms. The Kier molecular flexibility index (Phi) is 6.50. The summed E-state index contributed by atoms with van der Waals surface area (Å²) in [6.07, 6.45) is 4.61. The van der Waals surface area contributed by atoms with E-state index < -0.39 is 12.0 Å². The van der Waals surface area contributed by atoms with Gasteiger partial charge in [-0.25, -0.2) is 4.79 Å². The van der Waals surface area contributed by atoms with Gasteiger partial charge in [0.2, 0.25) is 5.91 Å². The standard InChI is InChI=1S/C16H21NO3/c1-4-14(11-10-13-8-6-5-7-9-13)15(16(19)20-3)17-12(2)18/h5-11,14-15H,4H2,1-3H3,(H,17,18)/b11-10+/t14-,15+/m0/s1. The highest BCUT2D eigenvalue weighted by atomic mass is 16.5. The first kappa shape index (κ1) is 16.0. The number of nitrogens with one attached hydrogen (secondary N) is 1. The smallest absolute Gasteiger partial charge is 0.328 e. The maximum atomic E-state index is 11.8. The molecule has 1 N–H and O–H groups in total. The van der Waals surface area contributed by atoms with Crippen LogP contribution in [0.1, 0.15) is 25.8 Å². The highest BCUT2D eigenvalue weighted by molar-refractivity contribution is 5.83. The van der Waals surface area contributed by atoms with Crippen LogP contribution in [0.4, 0.5) is 0 Å².